The van der Waals surface area contributed by atoms with Crippen LogP contribution in [0.15, 0.2) is 6.07 Å². The summed E-state index contributed by atoms with van der Waals surface area (Å²) >= 11 is 0. The summed E-state index contributed by atoms with van der Waals surface area (Å²) in [5, 5.41) is 0. The summed E-state index contributed by atoms with van der Waals surface area (Å²) < 4.78 is 35.3. The van der Waals surface area contributed by atoms with Gasteiger partial charge in [0.05, 0.1) is 25.0 Å². The number of alkyl halides is 2. The van der Waals surface area contributed by atoms with Gasteiger partial charge in [-0.3, -0.25) is 0 Å². The van der Waals surface area contributed by atoms with Gasteiger partial charge < -0.3 is 15.2 Å². The van der Waals surface area contributed by atoms with Crippen LogP contribution in [0.3, 0.4) is 0 Å². The molecule has 0 aliphatic rings. The van der Waals surface area contributed by atoms with Crippen molar-refractivity contribution in [3.8, 4) is 5.75 Å². The van der Waals surface area contributed by atoms with Gasteiger partial charge in [0, 0.05) is 12.6 Å². The molecule has 0 saturated carbocycles. The van der Waals surface area contributed by atoms with E-state index in [4.69, 9.17) is 15.2 Å². The van der Waals surface area contributed by atoms with E-state index in [1.54, 1.807) is 6.92 Å². The van der Waals surface area contributed by atoms with E-state index in [-0.39, 0.29) is 30.3 Å². The van der Waals surface area contributed by atoms with Crippen LogP contribution in [0.5, 0.6) is 5.75 Å². The molecule has 0 aromatic carbocycles. The van der Waals surface area contributed by atoms with Crippen molar-refractivity contribution in [3.63, 3.8) is 0 Å². The number of pyridine rings is 1. The van der Waals surface area contributed by atoms with E-state index in [9.17, 15) is 13.6 Å². The Morgan fingerprint density at radius 2 is 2.22 bits per heavy atom. The van der Waals surface area contributed by atoms with E-state index in [1.165, 1.54) is 7.11 Å². The monoisotopic (exact) mass is 260 g/mol. The van der Waals surface area contributed by atoms with Crippen molar-refractivity contribution in [1.29, 1.82) is 0 Å². The third kappa shape index (κ3) is 2.92. The van der Waals surface area contributed by atoms with Crippen molar-refractivity contribution < 1.29 is 23.0 Å². The molecule has 2 N–H and O–H groups in total. The average Bonchev–Trinajstić information content (AvgIpc) is 2.36. The molecule has 5 nitrogen and oxygen atoms in total. The average molecular weight is 260 g/mol. The highest BCUT2D eigenvalue weighted by Crippen LogP contribution is 2.32. The zero-order valence-corrected chi connectivity index (χ0v) is 10.1. The molecule has 7 heteroatoms. The van der Waals surface area contributed by atoms with E-state index in [2.05, 4.69) is 4.98 Å². The van der Waals surface area contributed by atoms with Gasteiger partial charge in [0.25, 0.3) is 6.43 Å². The molecule has 0 spiro atoms. The second-order valence-electron chi connectivity index (χ2n) is 3.30. The first kappa shape index (κ1) is 14.3. The molecular formula is C11H14F2N2O3. The number of nitrogens with two attached hydrogens (primary N) is 1. The van der Waals surface area contributed by atoms with Crippen LogP contribution in [0.25, 0.3) is 0 Å². The highest BCUT2D eigenvalue weighted by Gasteiger charge is 2.23. The molecule has 0 unspecified atom stereocenters. The highest BCUT2D eigenvalue weighted by atomic mass is 19.3. The van der Waals surface area contributed by atoms with E-state index in [0.717, 1.165) is 6.07 Å². The lowest BCUT2D eigenvalue weighted by Crippen LogP contribution is -2.14. The summed E-state index contributed by atoms with van der Waals surface area (Å²) in [6.45, 7) is 1.58. The van der Waals surface area contributed by atoms with Crippen molar-refractivity contribution in [2.24, 2.45) is 5.73 Å². The van der Waals surface area contributed by atoms with Crippen LogP contribution in [0.2, 0.25) is 0 Å². The van der Waals surface area contributed by atoms with Gasteiger partial charge in [0.2, 0.25) is 0 Å². The quantitative estimate of drug-likeness (QED) is 0.815. The molecule has 1 rings (SSSR count). The van der Waals surface area contributed by atoms with Crippen molar-refractivity contribution in [3.05, 3.63) is 23.0 Å². The number of esters is 1. The second kappa shape index (κ2) is 6.25. The second-order valence-corrected chi connectivity index (χ2v) is 3.30. The molecule has 1 aromatic rings. The van der Waals surface area contributed by atoms with Gasteiger partial charge in [0.1, 0.15) is 5.75 Å². The maximum absolute atomic E-state index is 12.9. The topological polar surface area (TPSA) is 74.4 Å². The SMILES string of the molecule is CCOC(=O)c1cc(OC)c(C(F)F)c(CN)n1. The Morgan fingerprint density at radius 3 is 2.67 bits per heavy atom. The lowest BCUT2D eigenvalue weighted by atomic mass is 10.1. The molecule has 18 heavy (non-hydrogen) atoms. The zero-order chi connectivity index (χ0) is 13.7. The van der Waals surface area contributed by atoms with Gasteiger partial charge in [-0.25, -0.2) is 18.6 Å². The van der Waals surface area contributed by atoms with Crippen LogP contribution in [-0.2, 0) is 11.3 Å². The number of carbonyl (C=O) groups is 1. The molecule has 0 radical (unpaired) electrons. The molecule has 100 valence electrons. The van der Waals surface area contributed by atoms with Crippen LogP contribution in [0.1, 0.15) is 35.1 Å². The largest absolute Gasteiger partial charge is 0.496 e. The summed E-state index contributed by atoms with van der Waals surface area (Å²) in [7, 11) is 1.23. The minimum absolute atomic E-state index is 0.0765. The Labute approximate surface area is 103 Å². The molecule has 0 amide bonds. The standard InChI is InChI=1S/C11H14F2N2O3/c1-3-18-11(16)6-4-8(17-2)9(10(12)13)7(5-14)15-6/h4,10H,3,5,14H2,1-2H3. The molecule has 0 aliphatic heterocycles. The first-order chi connectivity index (χ1) is 8.54. The van der Waals surface area contributed by atoms with E-state index in [1.807, 2.05) is 0 Å². The lowest BCUT2D eigenvalue weighted by molar-refractivity contribution is 0.0517. The van der Waals surface area contributed by atoms with Crippen molar-refractivity contribution in [1.82, 2.24) is 4.98 Å². The normalized spacial score (nSPS) is 10.6. The Bertz CT molecular complexity index is 413. The fourth-order valence-corrected chi connectivity index (χ4v) is 1.45. The molecular weight excluding hydrogens is 246 g/mol. The van der Waals surface area contributed by atoms with Gasteiger partial charge in [-0.05, 0) is 6.92 Å². The fourth-order valence-electron chi connectivity index (χ4n) is 1.45. The van der Waals surface area contributed by atoms with Gasteiger partial charge in [0.15, 0.2) is 5.69 Å². The Balaban J connectivity index is 3.30. The molecule has 1 heterocycles. The molecule has 0 bridgehead atoms. The minimum atomic E-state index is -2.78. The van der Waals surface area contributed by atoms with Gasteiger partial charge in [-0.15, -0.1) is 0 Å². The Kier molecular flexibility index (Phi) is 4.96. The van der Waals surface area contributed by atoms with Crippen molar-refractivity contribution >= 4 is 5.97 Å². The van der Waals surface area contributed by atoms with Crippen LogP contribution in [0, 0.1) is 0 Å². The van der Waals surface area contributed by atoms with Crippen LogP contribution < -0.4 is 10.5 Å². The van der Waals surface area contributed by atoms with Crippen LogP contribution in [-0.4, -0.2) is 24.7 Å². The zero-order valence-electron chi connectivity index (χ0n) is 10.1. The van der Waals surface area contributed by atoms with E-state index >= 15 is 0 Å². The first-order valence-electron chi connectivity index (χ1n) is 5.28. The third-order valence-electron chi connectivity index (χ3n) is 2.22. The third-order valence-corrected chi connectivity index (χ3v) is 2.22. The maximum atomic E-state index is 12.9. The summed E-state index contributed by atoms with van der Waals surface area (Å²) in [4.78, 5) is 15.3. The Morgan fingerprint density at radius 1 is 1.56 bits per heavy atom. The minimum Gasteiger partial charge on any atom is -0.496 e. The summed E-state index contributed by atoms with van der Waals surface area (Å²) in [6, 6.07) is 1.12. The number of nitrogens with zero attached hydrogens (tertiary/aromatic N) is 1. The van der Waals surface area contributed by atoms with E-state index in [0.29, 0.717) is 0 Å². The van der Waals surface area contributed by atoms with E-state index < -0.39 is 18.0 Å². The molecule has 0 saturated heterocycles. The summed E-state index contributed by atoms with van der Waals surface area (Å²) in [5.74, 6) is -0.824. The summed E-state index contributed by atoms with van der Waals surface area (Å²) in [5.41, 5.74) is 4.78. The number of hydrogen-bond donors (Lipinski definition) is 1. The maximum Gasteiger partial charge on any atom is 0.357 e. The van der Waals surface area contributed by atoms with Gasteiger partial charge in [-0.1, -0.05) is 0 Å². The number of hydrogen-bond acceptors (Lipinski definition) is 5. The first-order valence-corrected chi connectivity index (χ1v) is 5.28. The van der Waals surface area contributed by atoms with Gasteiger partial charge >= 0.3 is 5.97 Å². The lowest BCUT2D eigenvalue weighted by Gasteiger charge is -2.13. The Hall–Kier alpha value is -1.76. The molecule has 0 aliphatic carbocycles. The number of aromatic nitrogens is 1. The fraction of sp³-hybridized carbons (Fsp3) is 0.455. The van der Waals surface area contributed by atoms with Crippen molar-refractivity contribution in [2.75, 3.05) is 13.7 Å². The van der Waals surface area contributed by atoms with Gasteiger partial charge in [-0.2, -0.15) is 0 Å². The number of rotatable bonds is 5. The highest BCUT2D eigenvalue weighted by molar-refractivity contribution is 5.88. The van der Waals surface area contributed by atoms with Crippen LogP contribution >= 0.6 is 0 Å². The molecule has 0 atom stereocenters. The predicted octanol–water partition coefficient (Wildman–Crippen LogP) is 1.66. The number of methoxy groups -OCH3 is 1. The van der Waals surface area contributed by atoms with Crippen molar-refractivity contribution in [2.45, 2.75) is 19.9 Å². The number of carbonyl (C=O) groups excluding carboxylic acids is 1. The smallest absolute Gasteiger partial charge is 0.357 e. The summed E-state index contributed by atoms with van der Waals surface area (Å²) in [6.07, 6.45) is -2.78. The predicted molar refractivity (Wildman–Crippen MR) is 59.6 cm³/mol. The number of ether oxygens (including phenoxy) is 2. The number of halogens is 2. The molecule has 1 aromatic heterocycles. The molecule has 0 fully saturated rings. The van der Waals surface area contributed by atoms with Crippen LogP contribution in [0.4, 0.5) is 8.78 Å².